The van der Waals surface area contributed by atoms with Crippen LogP contribution in [0.4, 0.5) is 8.78 Å². The highest BCUT2D eigenvalue weighted by atomic mass is 32.2. The van der Waals surface area contributed by atoms with Gasteiger partial charge in [0.05, 0.1) is 10.6 Å². The number of aromatic nitrogens is 3. The van der Waals surface area contributed by atoms with Crippen molar-refractivity contribution in [1.29, 1.82) is 0 Å². The molecule has 3 aromatic rings. The van der Waals surface area contributed by atoms with Crippen molar-refractivity contribution >= 4 is 21.8 Å². The van der Waals surface area contributed by atoms with Crippen LogP contribution in [0.3, 0.4) is 0 Å². The number of halogens is 2. The summed E-state index contributed by atoms with van der Waals surface area (Å²) in [5.74, 6) is -4.19. The molecule has 0 atom stereocenters. The Balaban J connectivity index is 0.000000440. The molecule has 0 saturated carbocycles. The summed E-state index contributed by atoms with van der Waals surface area (Å²) in [4.78, 5) is 23.1. The van der Waals surface area contributed by atoms with E-state index in [2.05, 4.69) is 15.4 Å². The minimum absolute atomic E-state index is 0.0391. The van der Waals surface area contributed by atoms with Crippen molar-refractivity contribution in [3.8, 4) is 5.69 Å². The van der Waals surface area contributed by atoms with E-state index in [9.17, 15) is 26.8 Å². The molecule has 10 nitrogen and oxygen atoms in total. The topological polar surface area (TPSA) is 151 Å². The fraction of sp³-hybridized carbons (Fsp3) is 0.143. The molecular formula is C21H20F2N4O6S. The lowest BCUT2D eigenvalue weighted by Gasteiger charge is -2.09. The van der Waals surface area contributed by atoms with Gasteiger partial charge in [-0.2, -0.15) is 5.10 Å². The third-order valence-corrected chi connectivity index (χ3v) is 5.76. The van der Waals surface area contributed by atoms with Gasteiger partial charge in [0.25, 0.3) is 0 Å². The van der Waals surface area contributed by atoms with E-state index < -0.39 is 33.4 Å². The van der Waals surface area contributed by atoms with Gasteiger partial charge >= 0.3 is 11.9 Å². The summed E-state index contributed by atoms with van der Waals surface area (Å²) >= 11 is 0. The Kier molecular flexibility index (Phi) is 8.70. The van der Waals surface area contributed by atoms with Gasteiger partial charge in [0.2, 0.25) is 9.84 Å². The van der Waals surface area contributed by atoms with E-state index in [-0.39, 0.29) is 22.2 Å². The van der Waals surface area contributed by atoms with Gasteiger partial charge in [0, 0.05) is 42.7 Å². The molecular weight excluding hydrogens is 474 g/mol. The Morgan fingerprint density at radius 1 is 1.09 bits per heavy atom. The van der Waals surface area contributed by atoms with E-state index in [0.717, 1.165) is 16.8 Å². The van der Waals surface area contributed by atoms with Crippen molar-refractivity contribution in [3.05, 3.63) is 77.8 Å². The molecule has 0 aliphatic rings. The maximum absolute atomic E-state index is 14.2. The number of sulfone groups is 1. The van der Waals surface area contributed by atoms with Crippen LogP contribution in [0.5, 0.6) is 0 Å². The van der Waals surface area contributed by atoms with Crippen LogP contribution in [0.25, 0.3) is 5.69 Å². The Morgan fingerprint density at radius 3 is 2.24 bits per heavy atom. The Bertz CT molecular complexity index is 1310. The number of carbonyl (C=O) groups is 2. The molecule has 13 heteroatoms. The standard InChI is InChI=1S/C17H16F2N4O2S.C4H4O4/c1-11-3-5-14(10-21-11)26(24,25)17-8-13(9-20-2)22-23(17)16-6-4-12(18)7-15(16)19;5-3(6)1-2-4(7)8/h3-8,10,20H,9H2,1-2H3;1-2H,(H,5,6)(H,7,8). The van der Waals surface area contributed by atoms with Crippen molar-refractivity contribution in [3.63, 3.8) is 0 Å². The molecule has 34 heavy (non-hydrogen) atoms. The van der Waals surface area contributed by atoms with Gasteiger partial charge in [0.15, 0.2) is 10.8 Å². The molecule has 3 rings (SSSR count). The van der Waals surface area contributed by atoms with Crippen LogP contribution in [0, 0.1) is 18.6 Å². The van der Waals surface area contributed by atoms with Crippen LogP contribution in [0.1, 0.15) is 11.4 Å². The van der Waals surface area contributed by atoms with Crippen LogP contribution >= 0.6 is 0 Å². The quantitative estimate of drug-likeness (QED) is 0.419. The van der Waals surface area contributed by atoms with Gasteiger partial charge in [-0.25, -0.2) is 31.5 Å². The molecule has 3 N–H and O–H groups in total. The van der Waals surface area contributed by atoms with E-state index in [1.165, 1.54) is 18.3 Å². The van der Waals surface area contributed by atoms with Crippen molar-refractivity contribution in [2.75, 3.05) is 7.05 Å². The zero-order valence-corrected chi connectivity index (χ0v) is 18.8. The Morgan fingerprint density at radius 2 is 1.74 bits per heavy atom. The van der Waals surface area contributed by atoms with Gasteiger partial charge in [-0.1, -0.05) is 0 Å². The maximum Gasteiger partial charge on any atom is 0.328 e. The number of carboxylic acid groups (broad SMARTS) is 2. The molecule has 0 amide bonds. The zero-order chi connectivity index (χ0) is 25.5. The Hall–Kier alpha value is -3.97. The molecule has 0 unspecified atom stereocenters. The first-order chi connectivity index (χ1) is 15.9. The lowest BCUT2D eigenvalue weighted by molar-refractivity contribution is -0.134. The number of carboxylic acids is 2. The summed E-state index contributed by atoms with van der Waals surface area (Å²) in [6.45, 7) is 2.02. The zero-order valence-electron chi connectivity index (χ0n) is 17.9. The molecule has 0 radical (unpaired) electrons. The van der Waals surface area contributed by atoms with E-state index >= 15 is 0 Å². The first-order valence-electron chi connectivity index (χ1n) is 9.46. The van der Waals surface area contributed by atoms with Crippen molar-refractivity contribution in [1.82, 2.24) is 20.1 Å². The van der Waals surface area contributed by atoms with Gasteiger partial charge in [-0.3, -0.25) is 4.98 Å². The predicted molar refractivity (Wildman–Crippen MR) is 115 cm³/mol. The molecule has 0 aliphatic heterocycles. The average molecular weight is 494 g/mol. The summed E-state index contributed by atoms with van der Waals surface area (Å²) in [7, 11) is -2.33. The second-order valence-corrected chi connectivity index (χ2v) is 8.56. The second kappa shape index (κ2) is 11.2. The number of hydrogen-bond donors (Lipinski definition) is 3. The number of nitrogens with one attached hydrogen (secondary N) is 1. The minimum atomic E-state index is -4.01. The molecule has 0 spiro atoms. The fourth-order valence-corrected chi connectivity index (χ4v) is 3.91. The monoisotopic (exact) mass is 494 g/mol. The molecule has 0 fully saturated rings. The van der Waals surface area contributed by atoms with E-state index in [4.69, 9.17) is 10.2 Å². The van der Waals surface area contributed by atoms with Crippen LogP contribution in [0.2, 0.25) is 0 Å². The normalized spacial score (nSPS) is 11.2. The highest BCUT2D eigenvalue weighted by Gasteiger charge is 2.26. The molecule has 2 aromatic heterocycles. The number of aliphatic carboxylic acids is 2. The number of pyridine rings is 1. The predicted octanol–water partition coefficient (Wildman–Crippen LogP) is 2.12. The maximum atomic E-state index is 14.2. The number of hydrogen-bond acceptors (Lipinski definition) is 7. The van der Waals surface area contributed by atoms with Crippen LogP contribution in [-0.2, 0) is 26.0 Å². The highest BCUT2D eigenvalue weighted by molar-refractivity contribution is 7.91. The van der Waals surface area contributed by atoms with E-state index in [1.807, 2.05) is 0 Å². The third kappa shape index (κ3) is 6.76. The number of nitrogens with zero attached hydrogens (tertiary/aromatic N) is 3. The van der Waals surface area contributed by atoms with Crippen molar-refractivity contribution < 1.29 is 37.0 Å². The van der Waals surface area contributed by atoms with Crippen LogP contribution < -0.4 is 5.32 Å². The summed E-state index contributed by atoms with van der Waals surface area (Å²) in [6, 6.07) is 7.22. The number of rotatable bonds is 7. The first kappa shape index (κ1) is 26.3. The summed E-state index contributed by atoms with van der Waals surface area (Å²) in [5.41, 5.74) is 0.903. The SMILES string of the molecule is CNCc1cc(S(=O)(=O)c2ccc(C)nc2)n(-c2ccc(F)cc2F)n1.O=C(O)C=CC(=O)O. The van der Waals surface area contributed by atoms with E-state index in [0.29, 0.717) is 29.6 Å². The van der Waals surface area contributed by atoms with Crippen molar-refractivity contribution in [2.24, 2.45) is 0 Å². The first-order valence-corrected chi connectivity index (χ1v) is 10.9. The highest BCUT2D eigenvalue weighted by Crippen LogP contribution is 2.26. The average Bonchev–Trinajstić information content (AvgIpc) is 3.18. The molecule has 2 heterocycles. The smallest absolute Gasteiger partial charge is 0.328 e. The lowest BCUT2D eigenvalue weighted by atomic mass is 10.3. The Labute approximate surface area is 193 Å². The van der Waals surface area contributed by atoms with Crippen LogP contribution in [0.15, 0.2) is 64.7 Å². The third-order valence-electron chi connectivity index (χ3n) is 4.06. The fourth-order valence-electron chi connectivity index (χ4n) is 2.57. The number of benzene rings is 1. The van der Waals surface area contributed by atoms with Gasteiger partial charge in [0.1, 0.15) is 11.5 Å². The van der Waals surface area contributed by atoms with Gasteiger partial charge in [-0.15, -0.1) is 0 Å². The minimum Gasteiger partial charge on any atom is -0.478 e. The molecule has 1 aromatic carbocycles. The summed E-state index contributed by atoms with van der Waals surface area (Å²) in [5, 5.41) is 22.4. The van der Waals surface area contributed by atoms with Gasteiger partial charge in [-0.05, 0) is 38.2 Å². The summed E-state index contributed by atoms with van der Waals surface area (Å²) < 4.78 is 54.5. The van der Waals surface area contributed by atoms with Crippen molar-refractivity contribution in [2.45, 2.75) is 23.4 Å². The molecule has 0 bridgehead atoms. The second-order valence-electron chi connectivity index (χ2n) is 6.66. The lowest BCUT2D eigenvalue weighted by Crippen LogP contribution is -2.12. The van der Waals surface area contributed by atoms with Gasteiger partial charge < -0.3 is 15.5 Å². The summed E-state index contributed by atoms with van der Waals surface area (Å²) in [6.07, 6.45) is 2.35. The molecule has 0 aliphatic carbocycles. The number of aryl methyl sites for hydroxylation is 1. The molecule has 0 saturated heterocycles. The largest absolute Gasteiger partial charge is 0.478 e. The van der Waals surface area contributed by atoms with E-state index in [1.54, 1.807) is 20.0 Å². The molecule has 180 valence electrons. The van der Waals surface area contributed by atoms with Crippen LogP contribution in [-0.4, -0.2) is 52.4 Å².